The van der Waals surface area contributed by atoms with E-state index < -0.39 is 0 Å². The Morgan fingerprint density at radius 2 is 1.78 bits per heavy atom. The average molecular weight is 363 g/mol. The zero-order chi connectivity index (χ0) is 18.5. The van der Waals surface area contributed by atoms with Crippen LogP contribution in [0.15, 0.2) is 60.8 Å². The zero-order valence-electron chi connectivity index (χ0n) is 15.0. The van der Waals surface area contributed by atoms with Crippen molar-refractivity contribution in [2.45, 2.75) is 18.9 Å². The lowest BCUT2D eigenvalue weighted by Gasteiger charge is -2.32. The summed E-state index contributed by atoms with van der Waals surface area (Å²) < 4.78 is 11.6. The Morgan fingerprint density at radius 1 is 1.04 bits per heavy atom. The second kappa shape index (κ2) is 8.03. The van der Waals surface area contributed by atoms with E-state index in [1.807, 2.05) is 59.5 Å². The Morgan fingerprint density at radius 3 is 2.59 bits per heavy atom. The summed E-state index contributed by atoms with van der Waals surface area (Å²) in [6.45, 7) is 1.37. The molecule has 0 radical (unpaired) electrons. The van der Waals surface area contributed by atoms with Crippen LogP contribution in [0, 0.1) is 0 Å². The quantitative estimate of drug-likeness (QED) is 0.697. The molecular weight excluding hydrogens is 342 g/mol. The fourth-order valence-corrected chi connectivity index (χ4v) is 3.22. The Kier molecular flexibility index (Phi) is 5.14. The van der Waals surface area contributed by atoms with E-state index in [1.165, 1.54) is 0 Å². The molecule has 0 N–H and O–H groups in total. The van der Waals surface area contributed by atoms with Gasteiger partial charge in [0.15, 0.2) is 6.61 Å². The van der Waals surface area contributed by atoms with Gasteiger partial charge in [0.25, 0.3) is 5.91 Å². The Hall–Kier alpha value is -3.15. The maximum absolute atomic E-state index is 12.3. The van der Waals surface area contributed by atoms with Crippen LogP contribution in [0.3, 0.4) is 0 Å². The number of amides is 1. The summed E-state index contributed by atoms with van der Waals surface area (Å²) in [6, 6.07) is 17.3. The number of carbonyl (C=O) groups excluding carboxylic acids is 1. The predicted octanol–water partition coefficient (Wildman–Crippen LogP) is 3.08. The minimum atomic E-state index is 0.00209. The molecule has 1 fully saturated rings. The lowest BCUT2D eigenvalue weighted by Crippen LogP contribution is -2.43. The highest BCUT2D eigenvalue weighted by molar-refractivity contribution is 5.85. The predicted molar refractivity (Wildman–Crippen MR) is 102 cm³/mol. The van der Waals surface area contributed by atoms with E-state index in [-0.39, 0.29) is 18.6 Å². The molecule has 0 bridgehead atoms. The van der Waals surface area contributed by atoms with Crippen LogP contribution < -0.4 is 9.47 Å². The zero-order valence-corrected chi connectivity index (χ0v) is 15.0. The highest BCUT2D eigenvalue weighted by atomic mass is 16.5. The molecule has 0 saturated carbocycles. The van der Waals surface area contributed by atoms with E-state index in [1.54, 1.807) is 6.20 Å². The summed E-state index contributed by atoms with van der Waals surface area (Å²) in [6.07, 6.45) is 3.30. The van der Waals surface area contributed by atoms with Gasteiger partial charge >= 0.3 is 0 Å². The number of ether oxygens (including phenoxy) is 2. The van der Waals surface area contributed by atoms with Crippen molar-refractivity contribution >= 4 is 16.7 Å². The van der Waals surface area contributed by atoms with Crippen LogP contribution in [-0.4, -0.2) is 46.8 Å². The second-order valence-corrected chi connectivity index (χ2v) is 6.54. The van der Waals surface area contributed by atoms with Crippen LogP contribution in [0.5, 0.6) is 11.6 Å². The van der Waals surface area contributed by atoms with Crippen molar-refractivity contribution < 1.29 is 14.3 Å². The Bertz CT molecular complexity index is 903. The standard InChI is InChI=1S/C21H21N3O3/c25-20(15-26-17-7-2-1-3-8-17)24-12-10-18(11-13-24)27-21-19-9-5-4-6-16(19)14-22-23-21/h1-9,14,18H,10-13,15H2. The van der Waals surface area contributed by atoms with Gasteiger partial charge < -0.3 is 14.4 Å². The van der Waals surface area contributed by atoms with Gasteiger partial charge in [-0.3, -0.25) is 4.79 Å². The van der Waals surface area contributed by atoms with Crippen LogP contribution in [0.2, 0.25) is 0 Å². The van der Waals surface area contributed by atoms with Crippen molar-refractivity contribution in [3.05, 3.63) is 60.8 Å². The second-order valence-electron chi connectivity index (χ2n) is 6.54. The number of piperidine rings is 1. The van der Waals surface area contributed by atoms with Crippen molar-refractivity contribution in [3.8, 4) is 11.6 Å². The minimum Gasteiger partial charge on any atom is -0.484 e. The summed E-state index contributed by atoms with van der Waals surface area (Å²) in [5.74, 6) is 1.27. The van der Waals surface area contributed by atoms with Gasteiger partial charge in [0, 0.05) is 36.7 Å². The SMILES string of the molecule is O=C(COc1ccccc1)N1CCC(Oc2nncc3ccccc23)CC1. The molecule has 2 heterocycles. The molecule has 1 aromatic heterocycles. The van der Waals surface area contributed by atoms with Crippen molar-refractivity contribution in [3.63, 3.8) is 0 Å². The van der Waals surface area contributed by atoms with Crippen molar-refractivity contribution in [2.75, 3.05) is 19.7 Å². The number of aromatic nitrogens is 2. The first kappa shape index (κ1) is 17.3. The number of rotatable bonds is 5. The number of para-hydroxylation sites is 1. The molecule has 6 heteroatoms. The number of benzene rings is 2. The molecule has 1 aliphatic rings. The average Bonchev–Trinajstić information content (AvgIpc) is 2.74. The molecule has 27 heavy (non-hydrogen) atoms. The molecule has 1 amide bonds. The third-order valence-corrected chi connectivity index (χ3v) is 4.72. The van der Waals surface area contributed by atoms with Gasteiger partial charge in [-0.15, -0.1) is 5.10 Å². The lowest BCUT2D eigenvalue weighted by molar-refractivity contribution is -0.135. The van der Waals surface area contributed by atoms with E-state index in [0.717, 1.165) is 23.6 Å². The lowest BCUT2D eigenvalue weighted by atomic mass is 10.1. The summed E-state index contributed by atoms with van der Waals surface area (Å²) in [5, 5.41) is 10.1. The molecule has 0 aliphatic carbocycles. The number of hydrogen-bond acceptors (Lipinski definition) is 5. The first-order valence-corrected chi connectivity index (χ1v) is 9.12. The maximum Gasteiger partial charge on any atom is 0.260 e. The van der Waals surface area contributed by atoms with Gasteiger partial charge in [-0.25, -0.2) is 0 Å². The number of fused-ring (bicyclic) bond motifs is 1. The molecule has 138 valence electrons. The third kappa shape index (κ3) is 4.16. The smallest absolute Gasteiger partial charge is 0.260 e. The molecule has 0 spiro atoms. The Balaban J connectivity index is 1.30. The number of hydrogen-bond donors (Lipinski definition) is 0. The van der Waals surface area contributed by atoms with E-state index >= 15 is 0 Å². The summed E-state index contributed by atoms with van der Waals surface area (Å²) in [7, 11) is 0. The summed E-state index contributed by atoms with van der Waals surface area (Å²) in [4.78, 5) is 14.2. The number of nitrogens with zero attached hydrogens (tertiary/aromatic N) is 3. The van der Waals surface area contributed by atoms with Crippen molar-refractivity contribution in [1.82, 2.24) is 15.1 Å². The van der Waals surface area contributed by atoms with E-state index in [9.17, 15) is 4.79 Å². The largest absolute Gasteiger partial charge is 0.484 e. The molecule has 0 unspecified atom stereocenters. The van der Waals surface area contributed by atoms with Gasteiger partial charge in [0.1, 0.15) is 11.9 Å². The first-order valence-electron chi connectivity index (χ1n) is 9.12. The van der Waals surface area contributed by atoms with E-state index in [2.05, 4.69) is 10.2 Å². The van der Waals surface area contributed by atoms with Gasteiger partial charge in [0.05, 0.1) is 6.20 Å². The monoisotopic (exact) mass is 363 g/mol. The molecule has 1 saturated heterocycles. The van der Waals surface area contributed by atoms with Crippen molar-refractivity contribution in [1.29, 1.82) is 0 Å². The van der Waals surface area contributed by atoms with E-state index in [0.29, 0.717) is 24.7 Å². The van der Waals surface area contributed by atoms with Gasteiger partial charge in [-0.2, -0.15) is 5.10 Å². The summed E-state index contributed by atoms with van der Waals surface area (Å²) in [5.41, 5.74) is 0. The maximum atomic E-state index is 12.3. The molecule has 1 aliphatic heterocycles. The van der Waals surface area contributed by atoms with Gasteiger partial charge in [-0.05, 0) is 18.2 Å². The highest BCUT2D eigenvalue weighted by Gasteiger charge is 2.25. The normalized spacial score (nSPS) is 14.9. The molecule has 4 rings (SSSR count). The number of likely N-dealkylation sites (tertiary alicyclic amines) is 1. The van der Waals surface area contributed by atoms with Crippen LogP contribution in [0.1, 0.15) is 12.8 Å². The van der Waals surface area contributed by atoms with Crippen LogP contribution in [0.25, 0.3) is 10.8 Å². The fraction of sp³-hybridized carbons (Fsp3) is 0.286. The van der Waals surface area contributed by atoms with Crippen LogP contribution in [-0.2, 0) is 4.79 Å². The first-order chi connectivity index (χ1) is 13.3. The van der Waals surface area contributed by atoms with Gasteiger partial charge in [-0.1, -0.05) is 36.4 Å². The van der Waals surface area contributed by atoms with Gasteiger partial charge in [0.2, 0.25) is 5.88 Å². The van der Waals surface area contributed by atoms with E-state index in [4.69, 9.17) is 9.47 Å². The molecular formula is C21H21N3O3. The minimum absolute atomic E-state index is 0.00209. The summed E-state index contributed by atoms with van der Waals surface area (Å²) >= 11 is 0. The number of carbonyl (C=O) groups is 1. The molecule has 2 aromatic carbocycles. The Labute approximate surface area is 157 Å². The molecule has 6 nitrogen and oxygen atoms in total. The van der Waals surface area contributed by atoms with Crippen LogP contribution in [0.4, 0.5) is 0 Å². The third-order valence-electron chi connectivity index (χ3n) is 4.72. The highest BCUT2D eigenvalue weighted by Crippen LogP contribution is 2.25. The van der Waals surface area contributed by atoms with Crippen LogP contribution >= 0.6 is 0 Å². The fourth-order valence-electron chi connectivity index (χ4n) is 3.22. The van der Waals surface area contributed by atoms with Crippen molar-refractivity contribution in [2.24, 2.45) is 0 Å². The topological polar surface area (TPSA) is 64.5 Å². The molecule has 0 atom stereocenters. The molecule has 3 aromatic rings.